The van der Waals surface area contributed by atoms with Gasteiger partial charge in [-0.15, -0.1) is 0 Å². The molecule has 1 N–H and O–H groups in total. The number of amides is 2. The van der Waals surface area contributed by atoms with E-state index in [2.05, 4.69) is 5.32 Å². The molecule has 192 valence electrons. The zero-order valence-electron chi connectivity index (χ0n) is 21.8. The molecular weight excluding hydrogens is 468 g/mol. The fourth-order valence-electron chi connectivity index (χ4n) is 4.36. The summed E-state index contributed by atoms with van der Waals surface area (Å²) < 4.78 is 12.5. The summed E-state index contributed by atoms with van der Waals surface area (Å²) in [5.41, 5.74) is 3.57. The number of benzene rings is 3. The summed E-state index contributed by atoms with van der Waals surface area (Å²) in [4.78, 5) is 34.0. The molecule has 0 saturated heterocycles. The van der Waals surface area contributed by atoms with Crippen LogP contribution in [0.25, 0.3) is 16.6 Å². The van der Waals surface area contributed by atoms with Crippen molar-refractivity contribution in [3.8, 4) is 11.4 Å². The van der Waals surface area contributed by atoms with Crippen LogP contribution in [0.1, 0.15) is 29.9 Å². The van der Waals surface area contributed by atoms with Gasteiger partial charge in [-0.25, -0.2) is 9.78 Å². The first kappa shape index (κ1) is 25.9. The number of aryl methyl sites for hydroxylation is 2. The van der Waals surface area contributed by atoms with Gasteiger partial charge in [0.15, 0.2) is 0 Å². The van der Waals surface area contributed by atoms with Crippen LogP contribution in [0.5, 0.6) is 5.75 Å². The van der Waals surface area contributed by atoms with Gasteiger partial charge in [-0.05, 0) is 68.3 Å². The molecule has 3 aromatic carbocycles. The molecule has 0 fully saturated rings. The Kier molecular flexibility index (Phi) is 7.89. The van der Waals surface area contributed by atoms with Crippen LogP contribution < -0.4 is 15.6 Å². The Hall–Kier alpha value is -4.17. The Morgan fingerprint density at radius 3 is 2.51 bits per heavy atom. The molecular formula is C29H32N4O4. The number of hydrogen-bond donors (Lipinski definition) is 1. The van der Waals surface area contributed by atoms with Gasteiger partial charge in [0.2, 0.25) is 0 Å². The highest BCUT2D eigenvalue weighted by molar-refractivity contribution is 5.89. The first-order chi connectivity index (χ1) is 17.8. The van der Waals surface area contributed by atoms with Gasteiger partial charge in [-0.1, -0.05) is 30.3 Å². The number of methoxy groups -OCH3 is 2. The quantitative estimate of drug-likeness (QED) is 0.357. The van der Waals surface area contributed by atoms with Crippen LogP contribution in [0.15, 0.2) is 71.5 Å². The molecule has 0 aliphatic rings. The number of ether oxygens (including phenoxy) is 2. The van der Waals surface area contributed by atoms with Gasteiger partial charge in [0, 0.05) is 19.3 Å². The predicted molar refractivity (Wildman–Crippen MR) is 146 cm³/mol. The highest BCUT2D eigenvalue weighted by Crippen LogP contribution is 2.29. The van der Waals surface area contributed by atoms with Crippen LogP contribution in [0, 0.1) is 13.8 Å². The first-order valence-electron chi connectivity index (χ1n) is 12.1. The maximum absolute atomic E-state index is 13.9. The lowest BCUT2D eigenvalue weighted by Gasteiger charge is -2.30. The van der Waals surface area contributed by atoms with Gasteiger partial charge in [0.25, 0.3) is 5.56 Å². The molecule has 1 unspecified atom stereocenters. The van der Waals surface area contributed by atoms with Gasteiger partial charge in [0.05, 0.1) is 36.3 Å². The van der Waals surface area contributed by atoms with Crippen molar-refractivity contribution in [1.29, 1.82) is 0 Å². The first-order valence-corrected chi connectivity index (χ1v) is 12.1. The van der Waals surface area contributed by atoms with Crippen LogP contribution in [0.3, 0.4) is 0 Å². The standard InChI is InChI=1S/C29H32N4O4/c1-19-9-8-10-22(17-19)30-29(35)32(15-16-36-4)21(3)27-31-24-12-7-6-11-23(24)28(34)33(27)25-18-20(2)13-14-26(25)37-5/h6-14,17-18,21H,15-16H2,1-5H3,(H,30,35). The minimum atomic E-state index is -0.581. The smallest absolute Gasteiger partial charge is 0.322 e. The zero-order chi connectivity index (χ0) is 26.5. The minimum Gasteiger partial charge on any atom is -0.495 e. The van der Waals surface area contributed by atoms with Crippen molar-refractivity contribution >= 4 is 22.6 Å². The Morgan fingerprint density at radius 1 is 1.03 bits per heavy atom. The molecule has 0 aliphatic carbocycles. The van der Waals surface area contributed by atoms with Crippen molar-refractivity contribution in [3.05, 3.63) is 94.0 Å². The van der Waals surface area contributed by atoms with E-state index in [1.807, 2.05) is 75.4 Å². The molecule has 1 heterocycles. The summed E-state index contributed by atoms with van der Waals surface area (Å²) in [6, 6.07) is 19.5. The number of carbonyl (C=O) groups excluding carboxylic acids is 1. The highest BCUT2D eigenvalue weighted by Gasteiger charge is 2.28. The third kappa shape index (κ3) is 5.49. The number of anilines is 1. The van der Waals surface area contributed by atoms with Crippen LogP contribution >= 0.6 is 0 Å². The van der Waals surface area contributed by atoms with E-state index < -0.39 is 6.04 Å². The van der Waals surface area contributed by atoms with Crippen molar-refractivity contribution < 1.29 is 14.3 Å². The normalized spacial score (nSPS) is 11.8. The third-order valence-corrected chi connectivity index (χ3v) is 6.28. The molecule has 2 amide bonds. The van der Waals surface area contributed by atoms with Crippen LogP contribution in [-0.4, -0.2) is 47.9 Å². The van der Waals surface area contributed by atoms with Gasteiger partial charge >= 0.3 is 6.03 Å². The topological polar surface area (TPSA) is 85.7 Å². The second kappa shape index (κ2) is 11.3. The molecule has 4 rings (SSSR count). The molecule has 0 radical (unpaired) electrons. The summed E-state index contributed by atoms with van der Waals surface area (Å²) in [5, 5.41) is 3.46. The Labute approximate surface area is 216 Å². The number of para-hydroxylation sites is 1. The number of nitrogens with one attached hydrogen (secondary N) is 1. The second-order valence-electron chi connectivity index (χ2n) is 8.96. The lowest BCUT2D eigenvalue weighted by Crippen LogP contribution is -2.41. The summed E-state index contributed by atoms with van der Waals surface area (Å²) in [7, 11) is 3.15. The molecule has 0 spiro atoms. The number of aromatic nitrogens is 2. The van der Waals surface area contributed by atoms with E-state index in [0.29, 0.717) is 47.0 Å². The molecule has 0 bridgehead atoms. The van der Waals surface area contributed by atoms with Crippen molar-refractivity contribution in [1.82, 2.24) is 14.5 Å². The minimum absolute atomic E-state index is 0.234. The molecule has 8 heteroatoms. The summed E-state index contributed by atoms with van der Waals surface area (Å²) in [6.07, 6.45) is 0. The van der Waals surface area contributed by atoms with Gasteiger partial charge in [-0.3, -0.25) is 9.36 Å². The average Bonchev–Trinajstić information content (AvgIpc) is 2.88. The number of carbonyl (C=O) groups is 1. The Bertz CT molecular complexity index is 1480. The number of rotatable bonds is 8. The maximum Gasteiger partial charge on any atom is 0.322 e. The molecule has 1 atom stereocenters. The fourth-order valence-corrected chi connectivity index (χ4v) is 4.36. The van der Waals surface area contributed by atoms with E-state index in [9.17, 15) is 9.59 Å². The lowest BCUT2D eigenvalue weighted by atomic mass is 10.1. The molecule has 0 aliphatic heterocycles. The van der Waals surface area contributed by atoms with Crippen molar-refractivity contribution in [2.24, 2.45) is 0 Å². The fraction of sp³-hybridized carbons (Fsp3) is 0.276. The molecule has 8 nitrogen and oxygen atoms in total. The summed E-state index contributed by atoms with van der Waals surface area (Å²) in [5.74, 6) is 0.953. The predicted octanol–water partition coefficient (Wildman–Crippen LogP) is 5.25. The van der Waals surface area contributed by atoms with Gasteiger partial charge < -0.3 is 19.7 Å². The van der Waals surface area contributed by atoms with Crippen molar-refractivity contribution in [3.63, 3.8) is 0 Å². The lowest BCUT2D eigenvalue weighted by molar-refractivity contribution is 0.137. The molecule has 0 saturated carbocycles. The van der Waals surface area contributed by atoms with E-state index in [1.165, 1.54) is 0 Å². The summed E-state index contributed by atoms with van der Waals surface area (Å²) >= 11 is 0. The molecule has 37 heavy (non-hydrogen) atoms. The van der Waals surface area contributed by atoms with Crippen LogP contribution in [0.2, 0.25) is 0 Å². The van der Waals surface area contributed by atoms with Crippen LogP contribution in [-0.2, 0) is 4.74 Å². The SMILES string of the molecule is COCCN(C(=O)Nc1cccc(C)c1)C(C)c1nc2ccccc2c(=O)n1-c1cc(C)ccc1OC. The van der Waals surface area contributed by atoms with E-state index in [4.69, 9.17) is 14.5 Å². The molecule has 1 aromatic heterocycles. The van der Waals surface area contributed by atoms with E-state index in [0.717, 1.165) is 11.1 Å². The van der Waals surface area contributed by atoms with Gasteiger partial charge in [-0.2, -0.15) is 0 Å². The highest BCUT2D eigenvalue weighted by atomic mass is 16.5. The van der Waals surface area contributed by atoms with Gasteiger partial charge in [0.1, 0.15) is 11.6 Å². The second-order valence-corrected chi connectivity index (χ2v) is 8.96. The largest absolute Gasteiger partial charge is 0.495 e. The average molecular weight is 501 g/mol. The number of nitrogens with zero attached hydrogens (tertiary/aromatic N) is 3. The maximum atomic E-state index is 13.9. The van der Waals surface area contributed by atoms with E-state index >= 15 is 0 Å². The van der Waals surface area contributed by atoms with E-state index in [1.54, 1.807) is 35.8 Å². The molecule has 4 aromatic rings. The van der Waals surface area contributed by atoms with Crippen molar-refractivity contribution in [2.45, 2.75) is 26.8 Å². The number of urea groups is 1. The number of fused-ring (bicyclic) bond motifs is 1. The Morgan fingerprint density at radius 2 is 1.78 bits per heavy atom. The third-order valence-electron chi connectivity index (χ3n) is 6.28. The van der Waals surface area contributed by atoms with E-state index in [-0.39, 0.29) is 11.6 Å². The van der Waals surface area contributed by atoms with Crippen LogP contribution in [0.4, 0.5) is 10.5 Å². The zero-order valence-corrected chi connectivity index (χ0v) is 21.8. The number of hydrogen-bond acceptors (Lipinski definition) is 5. The Balaban J connectivity index is 1.88. The monoisotopic (exact) mass is 500 g/mol. The summed E-state index contributed by atoms with van der Waals surface area (Å²) in [6.45, 7) is 6.39. The van der Waals surface area contributed by atoms with Crippen molar-refractivity contribution in [2.75, 3.05) is 32.7 Å².